The number of rotatable bonds is 4. The van der Waals surface area contributed by atoms with Gasteiger partial charge in [-0.25, -0.2) is 0 Å². The minimum Gasteiger partial charge on any atom is -0.339 e. The van der Waals surface area contributed by atoms with Crippen molar-refractivity contribution in [3.63, 3.8) is 0 Å². The van der Waals surface area contributed by atoms with Gasteiger partial charge in [0.25, 0.3) is 0 Å². The van der Waals surface area contributed by atoms with Crippen molar-refractivity contribution in [1.29, 1.82) is 5.26 Å². The summed E-state index contributed by atoms with van der Waals surface area (Å²) in [4.78, 5) is 27.3. The number of nitrogens with zero attached hydrogens (tertiary/aromatic N) is 3. The van der Waals surface area contributed by atoms with Gasteiger partial charge in [0.05, 0.1) is 6.07 Å². The summed E-state index contributed by atoms with van der Waals surface area (Å²) in [5.41, 5.74) is 2.38. The molecule has 1 aromatic carbocycles. The van der Waals surface area contributed by atoms with Crippen LogP contribution in [-0.2, 0) is 16.0 Å². The van der Waals surface area contributed by atoms with Crippen molar-refractivity contribution in [2.45, 2.75) is 26.2 Å². The van der Waals surface area contributed by atoms with Crippen LogP contribution in [0.2, 0.25) is 0 Å². The van der Waals surface area contributed by atoms with Crippen molar-refractivity contribution in [2.75, 3.05) is 26.2 Å². The van der Waals surface area contributed by atoms with E-state index in [0.29, 0.717) is 32.6 Å². The zero-order chi connectivity index (χ0) is 15.9. The maximum atomic E-state index is 12.2. The summed E-state index contributed by atoms with van der Waals surface area (Å²) < 4.78 is 0. The second-order valence-corrected chi connectivity index (χ2v) is 5.59. The fourth-order valence-corrected chi connectivity index (χ4v) is 2.66. The molecular formula is C17H21N3O2. The van der Waals surface area contributed by atoms with Gasteiger partial charge in [-0.2, -0.15) is 5.26 Å². The number of amides is 2. The maximum Gasteiger partial charge on any atom is 0.236 e. The van der Waals surface area contributed by atoms with Gasteiger partial charge in [-0.15, -0.1) is 0 Å². The van der Waals surface area contributed by atoms with E-state index in [1.54, 1.807) is 4.90 Å². The predicted octanol–water partition coefficient (Wildman–Crippen LogP) is 1.51. The Hall–Kier alpha value is -2.35. The summed E-state index contributed by atoms with van der Waals surface area (Å²) in [6.45, 7) is 4.21. The molecule has 116 valence electrons. The summed E-state index contributed by atoms with van der Waals surface area (Å²) in [7, 11) is 0. The van der Waals surface area contributed by atoms with Crippen LogP contribution in [0.4, 0.5) is 0 Å². The van der Waals surface area contributed by atoms with E-state index in [9.17, 15) is 9.59 Å². The van der Waals surface area contributed by atoms with Crippen LogP contribution in [0, 0.1) is 18.3 Å². The number of aryl methyl sites for hydroxylation is 2. The number of hydrogen-bond acceptors (Lipinski definition) is 3. The number of benzene rings is 1. The molecule has 0 N–H and O–H groups in total. The Bertz CT molecular complexity index is 584. The van der Waals surface area contributed by atoms with E-state index in [-0.39, 0.29) is 18.2 Å². The second-order valence-electron chi connectivity index (χ2n) is 5.59. The van der Waals surface area contributed by atoms with Gasteiger partial charge in [0.2, 0.25) is 11.8 Å². The van der Waals surface area contributed by atoms with E-state index in [0.717, 1.165) is 6.42 Å². The lowest BCUT2D eigenvalue weighted by molar-refractivity contribution is -0.139. The molecule has 1 heterocycles. The molecule has 5 heteroatoms. The number of carbonyl (C=O) groups excluding carboxylic acids is 2. The standard InChI is InChI=1S/C17H21N3O2/c1-14-3-2-4-15(13-14)5-6-16(21)19-9-11-20(12-10-19)17(22)7-8-18/h2-4,13H,5-7,9-12H2,1H3. The number of piperazine rings is 1. The van der Waals surface area contributed by atoms with Crippen LogP contribution >= 0.6 is 0 Å². The van der Waals surface area contributed by atoms with Gasteiger partial charge in [0, 0.05) is 32.6 Å². The second kappa shape index (κ2) is 7.60. The fourth-order valence-electron chi connectivity index (χ4n) is 2.66. The molecule has 0 aliphatic carbocycles. The highest BCUT2D eigenvalue weighted by Crippen LogP contribution is 2.10. The Balaban J connectivity index is 1.78. The van der Waals surface area contributed by atoms with E-state index in [1.165, 1.54) is 11.1 Å². The summed E-state index contributed by atoms with van der Waals surface area (Å²) in [5.74, 6) is -0.0109. The third-order valence-corrected chi connectivity index (χ3v) is 3.93. The monoisotopic (exact) mass is 299 g/mol. The lowest BCUT2D eigenvalue weighted by atomic mass is 10.1. The summed E-state index contributed by atoms with van der Waals surface area (Å²) in [6, 6.07) is 10.1. The Morgan fingerprint density at radius 1 is 1.14 bits per heavy atom. The highest BCUT2D eigenvalue weighted by Gasteiger charge is 2.23. The van der Waals surface area contributed by atoms with E-state index in [1.807, 2.05) is 36.1 Å². The Labute approximate surface area is 131 Å². The largest absolute Gasteiger partial charge is 0.339 e. The molecule has 0 bridgehead atoms. The Morgan fingerprint density at radius 2 is 1.77 bits per heavy atom. The molecule has 1 aromatic rings. The topological polar surface area (TPSA) is 64.4 Å². The molecule has 1 fully saturated rings. The first-order valence-electron chi connectivity index (χ1n) is 7.58. The number of carbonyl (C=O) groups is 2. The molecule has 1 saturated heterocycles. The molecule has 22 heavy (non-hydrogen) atoms. The Kier molecular flexibility index (Phi) is 5.54. The average molecular weight is 299 g/mol. The zero-order valence-corrected chi connectivity index (χ0v) is 12.9. The fraction of sp³-hybridized carbons (Fsp3) is 0.471. The van der Waals surface area contributed by atoms with Gasteiger partial charge >= 0.3 is 0 Å². The SMILES string of the molecule is Cc1cccc(CCC(=O)N2CCN(C(=O)CC#N)CC2)c1. The van der Waals surface area contributed by atoms with E-state index in [4.69, 9.17) is 5.26 Å². The van der Waals surface area contributed by atoms with Gasteiger partial charge in [0.1, 0.15) is 6.42 Å². The van der Waals surface area contributed by atoms with E-state index < -0.39 is 0 Å². The summed E-state index contributed by atoms with van der Waals surface area (Å²) in [6.07, 6.45) is 1.16. The van der Waals surface area contributed by atoms with E-state index >= 15 is 0 Å². The van der Waals surface area contributed by atoms with Gasteiger partial charge < -0.3 is 9.80 Å². The number of nitriles is 1. The lowest BCUT2D eigenvalue weighted by Gasteiger charge is -2.34. The van der Waals surface area contributed by atoms with Crippen molar-refractivity contribution >= 4 is 11.8 Å². The third-order valence-electron chi connectivity index (χ3n) is 3.93. The molecule has 2 amide bonds. The van der Waals surface area contributed by atoms with Gasteiger partial charge in [0.15, 0.2) is 0 Å². The molecule has 0 radical (unpaired) electrons. The molecule has 0 unspecified atom stereocenters. The third kappa shape index (κ3) is 4.32. The molecule has 2 rings (SSSR count). The molecule has 0 atom stereocenters. The van der Waals surface area contributed by atoms with Crippen molar-refractivity contribution in [3.8, 4) is 6.07 Å². The first-order chi connectivity index (χ1) is 10.6. The molecule has 1 aliphatic heterocycles. The minimum atomic E-state index is -0.144. The van der Waals surface area contributed by atoms with Crippen molar-refractivity contribution in [2.24, 2.45) is 0 Å². The molecular weight excluding hydrogens is 278 g/mol. The highest BCUT2D eigenvalue weighted by molar-refractivity contribution is 5.79. The first-order valence-corrected chi connectivity index (χ1v) is 7.58. The van der Waals surface area contributed by atoms with Crippen LogP contribution in [-0.4, -0.2) is 47.8 Å². The molecule has 0 spiro atoms. The normalized spacial score (nSPS) is 14.5. The van der Waals surface area contributed by atoms with Crippen molar-refractivity contribution in [1.82, 2.24) is 9.80 Å². The summed E-state index contributed by atoms with van der Waals surface area (Å²) in [5, 5.41) is 8.54. The van der Waals surface area contributed by atoms with Crippen LogP contribution in [0.1, 0.15) is 24.0 Å². The molecule has 1 aliphatic rings. The van der Waals surface area contributed by atoms with Gasteiger partial charge in [-0.05, 0) is 18.9 Å². The van der Waals surface area contributed by atoms with Crippen molar-refractivity contribution in [3.05, 3.63) is 35.4 Å². The average Bonchev–Trinajstić information content (AvgIpc) is 2.53. The summed E-state index contributed by atoms with van der Waals surface area (Å²) >= 11 is 0. The zero-order valence-electron chi connectivity index (χ0n) is 12.9. The van der Waals surface area contributed by atoms with Crippen LogP contribution in [0.15, 0.2) is 24.3 Å². The minimum absolute atomic E-state index is 0.0820. The van der Waals surface area contributed by atoms with Crippen LogP contribution in [0.25, 0.3) is 0 Å². The highest BCUT2D eigenvalue weighted by atomic mass is 16.2. The molecule has 5 nitrogen and oxygen atoms in total. The van der Waals surface area contributed by atoms with Crippen LogP contribution in [0.3, 0.4) is 0 Å². The molecule has 0 aromatic heterocycles. The van der Waals surface area contributed by atoms with E-state index in [2.05, 4.69) is 6.07 Å². The first kappa shape index (κ1) is 16.0. The Morgan fingerprint density at radius 3 is 2.36 bits per heavy atom. The smallest absolute Gasteiger partial charge is 0.236 e. The van der Waals surface area contributed by atoms with Crippen LogP contribution < -0.4 is 0 Å². The predicted molar refractivity (Wildman–Crippen MR) is 82.9 cm³/mol. The molecule has 0 saturated carbocycles. The lowest BCUT2D eigenvalue weighted by Crippen LogP contribution is -2.50. The van der Waals surface area contributed by atoms with Crippen molar-refractivity contribution < 1.29 is 9.59 Å². The number of hydrogen-bond donors (Lipinski definition) is 0. The van der Waals surface area contributed by atoms with Crippen LogP contribution in [0.5, 0.6) is 0 Å². The van der Waals surface area contributed by atoms with Gasteiger partial charge in [-0.3, -0.25) is 9.59 Å². The maximum absolute atomic E-state index is 12.2. The van der Waals surface area contributed by atoms with Gasteiger partial charge in [-0.1, -0.05) is 29.8 Å². The quantitative estimate of drug-likeness (QED) is 0.846.